The van der Waals surface area contributed by atoms with Crippen molar-refractivity contribution in [1.29, 1.82) is 0 Å². The molecule has 0 unspecified atom stereocenters. The summed E-state index contributed by atoms with van der Waals surface area (Å²) in [4.78, 5) is 14.6. The number of fused-ring (bicyclic) bond motifs is 3. The number of thiophene rings is 1. The highest BCUT2D eigenvalue weighted by Crippen LogP contribution is 2.40. The van der Waals surface area contributed by atoms with E-state index >= 15 is 0 Å². The number of rotatable bonds is 4. The number of hydrogen-bond donors (Lipinski definition) is 1. The molecule has 3 aromatic rings. The zero-order valence-electron chi connectivity index (χ0n) is 15.0. The summed E-state index contributed by atoms with van der Waals surface area (Å²) >= 11 is 1.58. The minimum absolute atomic E-state index is 0.0000340. The summed E-state index contributed by atoms with van der Waals surface area (Å²) in [6.45, 7) is 2.61. The van der Waals surface area contributed by atoms with E-state index in [2.05, 4.69) is 54.7 Å². The zero-order valence-corrected chi connectivity index (χ0v) is 15.8. The number of nitrogens with one attached hydrogen (secondary N) is 1. The Morgan fingerprint density at radius 3 is 2.62 bits per heavy atom. The Balaban J connectivity index is 1.53. The number of ether oxygens (including phenoxy) is 1. The number of carbonyl (C=O) groups excluding carboxylic acids is 1. The molecule has 0 atom stereocenters. The second kappa shape index (κ2) is 6.96. The number of hydrogen-bond acceptors (Lipinski definition) is 3. The summed E-state index contributed by atoms with van der Waals surface area (Å²) in [6, 6.07) is 16.5. The quantitative estimate of drug-likeness (QED) is 0.726. The maximum Gasteiger partial charge on any atom is 0.261 e. The van der Waals surface area contributed by atoms with Crippen LogP contribution < -0.4 is 10.1 Å². The fourth-order valence-corrected chi connectivity index (χ4v) is 4.51. The molecule has 2 aromatic carbocycles. The van der Waals surface area contributed by atoms with Gasteiger partial charge in [0.05, 0.1) is 12.0 Å². The summed E-state index contributed by atoms with van der Waals surface area (Å²) in [6.07, 6.45) is 1.96. The third-order valence-corrected chi connectivity index (χ3v) is 6.04. The van der Waals surface area contributed by atoms with E-state index in [9.17, 15) is 4.79 Å². The molecule has 1 aliphatic rings. The van der Waals surface area contributed by atoms with Crippen molar-refractivity contribution in [3.63, 3.8) is 0 Å². The number of benzene rings is 2. The Morgan fingerprint density at radius 2 is 1.85 bits per heavy atom. The Kier molecular flexibility index (Phi) is 4.51. The van der Waals surface area contributed by atoms with Crippen molar-refractivity contribution in [3.05, 3.63) is 75.7 Å². The molecule has 0 saturated carbocycles. The minimum Gasteiger partial charge on any atom is -0.497 e. The average Bonchev–Trinajstić information content (AvgIpc) is 3.11. The van der Waals surface area contributed by atoms with E-state index in [1.807, 2.05) is 6.07 Å². The third kappa shape index (κ3) is 3.25. The molecule has 1 aromatic heterocycles. The van der Waals surface area contributed by atoms with Crippen molar-refractivity contribution in [2.75, 3.05) is 7.11 Å². The van der Waals surface area contributed by atoms with E-state index < -0.39 is 0 Å². The summed E-state index contributed by atoms with van der Waals surface area (Å²) in [5.74, 6) is 0.889. The predicted molar refractivity (Wildman–Crippen MR) is 106 cm³/mol. The summed E-state index contributed by atoms with van der Waals surface area (Å²) in [7, 11) is 1.69. The number of carbonyl (C=O) groups is 1. The predicted octanol–water partition coefficient (Wildman–Crippen LogP) is 4.76. The molecular weight excluding hydrogens is 342 g/mol. The van der Waals surface area contributed by atoms with Crippen LogP contribution in [0.5, 0.6) is 5.75 Å². The highest BCUT2D eigenvalue weighted by atomic mass is 32.1. The van der Waals surface area contributed by atoms with Crippen molar-refractivity contribution in [2.24, 2.45) is 0 Å². The van der Waals surface area contributed by atoms with E-state index in [-0.39, 0.29) is 5.91 Å². The minimum atomic E-state index is 0.0000340. The number of aryl methyl sites for hydroxylation is 3. The van der Waals surface area contributed by atoms with Gasteiger partial charge in [0.2, 0.25) is 0 Å². The normalized spacial score (nSPS) is 12.2. The van der Waals surface area contributed by atoms with Gasteiger partial charge in [-0.15, -0.1) is 11.3 Å². The molecule has 0 saturated heterocycles. The fourth-order valence-electron chi connectivity index (χ4n) is 3.32. The lowest BCUT2D eigenvalue weighted by molar-refractivity contribution is 0.0955. The Bertz CT molecular complexity index is 957. The largest absolute Gasteiger partial charge is 0.497 e. The van der Waals surface area contributed by atoms with Gasteiger partial charge in [0.25, 0.3) is 5.91 Å². The van der Waals surface area contributed by atoms with Crippen molar-refractivity contribution in [3.8, 4) is 16.2 Å². The second-order valence-corrected chi connectivity index (χ2v) is 7.71. The van der Waals surface area contributed by atoms with E-state index in [4.69, 9.17) is 4.74 Å². The first-order chi connectivity index (χ1) is 12.6. The van der Waals surface area contributed by atoms with E-state index in [0.717, 1.165) is 29.0 Å². The first-order valence-electron chi connectivity index (χ1n) is 8.78. The third-order valence-electron chi connectivity index (χ3n) is 4.83. The van der Waals surface area contributed by atoms with Crippen LogP contribution in [-0.2, 0) is 19.4 Å². The Hall–Kier alpha value is -2.59. The van der Waals surface area contributed by atoms with Gasteiger partial charge in [-0.3, -0.25) is 4.79 Å². The summed E-state index contributed by atoms with van der Waals surface area (Å²) in [5, 5.41) is 3.04. The Morgan fingerprint density at radius 1 is 1.08 bits per heavy atom. The molecule has 26 heavy (non-hydrogen) atoms. The molecular formula is C22H21NO2S. The second-order valence-electron chi connectivity index (χ2n) is 6.66. The molecule has 0 bridgehead atoms. The van der Waals surface area contributed by atoms with Gasteiger partial charge < -0.3 is 10.1 Å². The van der Waals surface area contributed by atoms with Crippen molar-refractivity contribution >= 4 is 17.2 Å². The van der Waals surface area contributed by atoms with Gasteiger partial charge in [-0.2, -0.15) is 0 Å². The molecule has 3 nitrogen and oxygen atoms in total. The average molecular weight is 363 g/mol. The standard InChI is InChI=1S/C22H21NO2S/c1-14-3-5-15(6-4-14)13-23-22(24)20-12-17-8-7-16-11-18(25-2)9-10-19(16)21(17)26-20/h3-6,9-12H,7-8,13H2,1-2H3,(H,23,24). The van der Waals surface area contributed by atoms with Crippen LogP contribution in [0.1, 0.15) is 31.9 Å². The van der Waals surface area contributed by atoms with Gasteiger partial charge in [0, 0.05) is 11.4 Å². The lowest BCUT2D eigenvalue weighted by Crippen LogP contribution is -2.21. The number of methoxy groups -OCH3 is 1. The van der Waals surface area contributed by atoms with Crippen molar-refractivity contribution in [1.82, 2.24) is 5.32 Å². The van der Waals surface area contributed by atoms with Gasteiger partial charge in [0.1, 0.15) is 5.75 Å². The topological polar surface area (TPSA) is 38.3 Å². The molecule has 0 aliphatic heterocycles. The molecule has 0 fully saturated rings. The monoisotopic (exact) mass is 363 g/mol. The summed E-state index contributed by atoms with van der Waals surface area (Å²) < 4.78 is 5.33. The molecule has 132 valence electrons. The van der Waals surface area contributed by atoms with Crippen LogP contribution in [0.2, 0.25) is 0 Å². The van der Waals surface area contributed by atoms with E-state index in [1.165, 1.54) is 27.1 Å². The fraction of sp³-hybridized carbons (Fsp3) is 0.227. The van der Waals surface area contributed by atoms with Crippen LogP contribution in [0, 0.1) is 6.92 Å². The molecule has 1 aliphatic carbocycles. The van der Waals surface area contributed by atoms with Crippen LogP contribution in [0.15, 0.2) is 48.5 Å². The van der Waals surface area contributed by atoms with Crippen molar-refractivity contribution < 1.29 is 9.53 Å². The summed E-state index contributed by atoms with van der Waals surface area (Å²) in [5.41, 5.74) is 6.14. The van der Waals surface area contributed by atoms with Gasteiger partial charge in [0.15, 0.2) is 0 Å². The van der Waals surface area contributed by atoms with Crippen LogP contribution in [0.3, 0.4) is 0 Å². The molecule has 1 heterocycles. The maximum absolute atomic E-state index is 12.6. The lowest BCUT2D eigenvalue weighted by atomic mass is 9.91. The van der Waals surface area contributed by atoms with Crippen LogP contribution >= 0.6 is 11.3 Å². The smallest absolute Gasteiger partial charge is 0.261 e. The zero-order chi connectivity index (χ0) is 18.1. The van der Waals surface area contributed by atoms with Crippen LogP contribution in [-0.4, -0.2) is 13.0 Å². The van der Waals surface area contributed by atoms with E-state index in [0.29, 0.717) is 6.54 Å². The van der Waals surface area contributed by atoms with Gasteiger partial charge in [-0.25, -0.2) is 0 Å². The highest BCUT2D eigenvalue weighted by Gasteiger charge is 2.22. The van der Waals surface area contributed by atoms with Gasteiger partial charge >= 0.3 is 0 Å². The molecule has 4 heteroatoms. The first-order valence-corrected chi connectivity index (χ1v) is 9.59. The first kappa shape index (κ1) is 16.9. The molecule has 1 N–H and O–H groups in total. The molecule has 0 radical (unpaired) electrons. The van der Waals surface area contributed by atoms with Crippen LogP contribution in [0.4, 0.5) is 0 Å². The molecule has 1 amide bonds. The van der Waals surface area contributed by atoms with Gasteiger partial charge in [-0.05, 0) is 66.3 Å². The van der Waals surface area contributed by atoms with Crippen molar-refractivity contribution in [2.45, 2.75) is 26.3 Å². The SMILES string of the molecule is COc1ccc2c(c1)CCc1cc(C(=O)NCc3ccc(C)cc3)sc1-2. The number of amides is 1. The molecule has 0 spiro atoms. The van der Waals surface area contributed by atoms with Gasteiger partial charge in [-0.1, -0.05) is 29.8 Å². The molecule has 4 rings (SSSR count). The maximum atomic E-state index is 12.6. The van der Waals surface area contributed by atoms with E-state index in [1.54, 1.807) is 18.4 Å². The highest BCUT2D eigenvalue weighted by molar-refractivity contribution is 7.17. The lowest BCUT2D eigenvalue weighted by Gasteiger charge is -2.16. The van der Waals surface area contributed by atoms with Crippen LogP contribution in [0.25, 0.3) is 10.4 Å². The Labute approximate surface area is 157 Å².